The largest absolute Gasteiger partial charge is 0.400 e. The molecular weight excluding hydrogens is 272 g/mol. The Morgan fingerprint density at radius 2 is 1.77 bits per heavy atom. The van der Waals surface area contributed by atoms with Crippen LogP contribution in [0, 0.1) is 12.8 Å². The second kappa shape index (κ2) is 6.15. The van der Waals surface area contributed by atoms with E-state index in [1.807, 2.05) is 0 Å². The molecule has 1 heterocycles. The van der Waals surface area contributed by atoms with Crippen molar-refractivity contribution in [3.8, 4) is 0 Å². The minimum Gasteiger partial charge on any atom is -0.400 e. The van der Waals surface area contributed by atoms with Crippen LogP contribution in [0.3, 0.4) is 0 Å². The standard InChI is InChI=1S/C19H26N2O/c1-13-8-10-16(11-9-13)21-12-17(20)18(14(2)22)19(21)15-6-4-3-5-7-15/h8-11,15,19H,3-7,12,20H2,1-2H3. The van der Waals surface area contributed by atoms with Crippen molar-refractivity contribution in [2.75, 3.05) is 11.4 Å². The van der Waals surface area contributed by atoms with Crippen LogP contribution in [0.1, 0.15) is 44.6 Å². The van der Waals surface area contributed by atoms with Crippen molar-refractivity contribution in [2.24, 2.45) is 11.7 Å². The number of carbonyl (C=O) groups is 1. The van der Waals surface area contributed by atoms with Crippen molar-refractivity contribution in [3.05, 3.63) is 41.1 Å². The molecule has 2 N–H and O–H groups in total. The Kier molecular flexibility index (Phi) is 4.23. The van der Waals surface area contributed by atoms with Gasteiger partial charge in [0.05, 0.1) is 12.6 Å². The van der Waals surface area contributed by atoms with Crippen molar-refractivity contribution in [1.82, 2.24) is 0 Å². The summed E-state index contributed by atoms with van der Waals surface area (Å²) in [5, 5.41) is 0. The molecule has 3 rings (SSSR count). The Bertz CT molecular complexity index is 582. The molecule has 0 spiro atoms. The van der Waals surface area contributed by atoms with Gasteiger partial charge < -0.3 is 10.6 Å². The summed E-state index contributed by atoms with van der Waals surface area (Å²) in [6.07, 6.45) is 6.28. The number of hydrogen-bond acceptors (Lipinski definition) is 3. The maximum Gasteiger partial charge on any atom is 0.159 e. The molecule has 3 heteroatoms. The summed E-state index contributed by atoms with van der Waals surface area (Å²) in [6, 6.07) is 8.74. The summed E-state index contributed by atoms with van der Waals surface area (Å²) in [5.41, 5.74) is 10.3. The quantitative estimate of drug-likeness (QED) is 0.928. The highest BCUT2D eigenvalue weighted by atomic mass is 16.1. The van der Waals surface area contributed by atoms with Gasteiger partial charge in [-0.2, -0.15) is 0 Å². The van der Waals surface area contributed by atoms with Gasteiger partial charge in [0.1, 0.15) is 0 Å². The summed E-state index contributed by atoms with van der Waals surface area (Å²) >= 11 is 0. The van der Waals surface area contributed by atoms with E-state index in [-0.39, 0.29) is 11.8 Å². The third-order valence-corrected chi connectivity index (χ3v) is 5.16. The molecule has 1 aliphatic heterocycles. The van der Waals surface area contributed by atoms with Crippen molar-refractivity contribution >= 4 is 11.5 Å². The summed E-state index contributed by atoms with van der Waals surface area (Å²) in [5.74, 6) is 0.692. The van der Waals surface area contributed by atoms with Gasteiger partial charge >= 0.3 is 0 Å². The van der Waals surface area contributed by atoms with Gasteiger partial charge in [0.25, 0.3) is 0 Å². The van der Waals surface area contributed by atoms with Crippen LogP contribution >= 0.6 is 0 Å². The molecular formula is C19H26N2O. The fraction of sp³-hybridized carbons (Fsp3) is 0.526. The van der Waals surface area contributed by atoms with Crippen LogP contribution in [-0.4, -0.2) is 18.4 Å². The first-order valence-corrected chi connectivity index (χ1v) is 8.40. The molecule has 0 saturated heterocycles. The average Bonchev–Trinajstić information content (AvgIpc) is 2.86. The number of rotatable bonds is 3. The summed E-state index contributed by atoms with van der Waals surface area (Å²) in [6.45, 7) is 4.44. The van der Waals surface area contributed by atoms with E-state index in [4.69, 9.17) is 5.73 Å². The highest BCUT2D eigenvalue weighted by Gasteiger charge is 2.39. The van der Waals surface area contributed by atoms with E-state index in [0.717, 1.165) is 11.3 Å². The number of Topliss-reactive ketones (excluding diaryl/α,β-unsaturated/α-hetero) is 1. The van der Waals surface area contributed by atoms with Crippen molar-refractivity contribution in [1.29, 1.82) is 0 Å². The lowest BCUT2D eigenvalue weighted by Crippen LogP contribution is -2.40. The zero-order chi connectivity index (χ0) is 15.7. The van der Waals surface area contributed by atoms with Gasteiger partial charge in [0.2, 0.25) is 0 Å². The van der Waals surface area contributed by atoms with Crippen LogP contribution < -0.4 is 10.6 Å². The van der Waals surface area contributed by atoms with Crippen LogP contribution in [0.5, 0.6) is 0 Å². The summed E-state index contributed by atoms with van der Waals surface area (Å²) in [4.78, 5) is 14.5. The van der Waals surface area contributed by atoms with Gasteiger partial charge in [0, 0.05) is 17.0 Å². The van der Waals surface area contributed by atoms with E-state index in [2.05, 4.69) is 36.1 Å². The minimum atomic E-state index is 0.141. The van der Waals surface area contributed by atoms with Gasteiger partial charge in [0.15, 0.2) is 5.78 Å². The van der Waals surface area contributed by atoms with Crippen molar-refractivity contribution in [3.63, 3.8) is 0 Å². The van der Waals surface area contributed by atoms with E-state index in [1.165, 1.54) is 43.4 Å². The van der Waals surface area contributed by atoms with Gasteiger partial charge in [-0.3, -0.25) is 4.79 Å². The molecule has 1 aromatic rings. The van der Waals surface area contributed by atoms with Gasteiger partial charge in [-0.05, 0) is 44.7 Å². The maximum absolute atomic E-state index is 12.2. The predicted octanol–water partition coefficient (Wildman–Crippen LogP) is 3.57. The lowest BCUT2D eigenvalue weighted by atomic mass is 9.80. The third-order valence-electron chi connectivity index (χ3n) is 5.16. The van der Waals surface area contributed by atoms with Gasteiger partial charge in [-0.15, -0.1) is 0 Å². The lowest BCUT2D eigenvalue weighted by molar-refractivity contribution is -0.114. The number of benzene rings is 1. The van der Waals surface area contributed by atoms with Crippen LogP contribution in [-0.2, 0) is 4.79 Å². The molecule has 1 aromatic carbocycles. The number of hydrogen-bond donors (Lipinski definition) is 1. The summed E-state index contributed by atoms with van der Waals surface area (Å²) < 4.78 is 0. The number of carbonyl (C=O) groups excluding carboxylic acids is 1. The molecule has 2 aliphatic rings. The average molecular weight is 298 g/mol. The second-order valence-corrected chi connectivity index (χ2v) is 6.80. The van der Waals surface area contributed by atoms with Gasteiger partial charge in [-0.25, -0.2) is 0 Å². The van der Waals surface area contributed by atoms with E-state index in [1.54, 1.807) is 6.92 Å². The summed E-state index contributed by atoms with van der Waals surface area (Å²) in [7, 11) is 0. The first kappa shape index (κ1) is 15.1. The third kappa shape index (κ3) is 2.77. The Morgan fingerprint density at radius 1 is 1.14 bits per heavy atom. The molecule has 0 aromatic heterocycles. The molecule has 1 unspecified atom stereocenters. The Hall–Kier alpha value is -1.77. The molecule has 1 fully saturated rings. The predicted molar refractivity (Wildman–Crippen MR) is 90.8 cm³/mol. The van der Waals surface area contributed by atoms with E-state index in [0.29, 0.717) is 12.5 Å². The van der Waals surface area contributed by atoms with Gasteiger partial charge in [-0.1, -0.05) is 37.0 Å². The topological polar surface area (TPSA) is 46.3 Å². The number of nitrogens with zero attached hydrogens (tertiary/aromatic N) is 1. The fourth-order valence-corrected chi connectivity index (χ4v) is 4.08. The fourth-order valence-electron chi connectivity index (χ4n) is 4.08. The number of anilines is 1. The van der Waals surface area contributed by atoms with Crippen LogP contribution in [0.2, 0.25) is 0 Å². The first-order chi connectivity index (χ1) is 10.6. The monoisotopic (exact) mass is 298 g/mol. The Labute approximate surface area is 133 Å². The molecule has 1 saturated carbocycles. The zero-order valence-electron chi connectivity index (χ0n) is 13.6. The Morgan fingerprint density at radius 3 is 2.36 bits per heavy atom. The van der Waals surface area contributed by atoms with Crippen molar-refractivity contribution < 1.29 is 4.79 Å². The highest BCUT2D eigenvalue weighted by molar-refractivity contribution is 5.97. The second-order valence-electron chi connectivity index (χ2n) is 6.80. The minimum absolute atomic E-state index is 0.141. The zero-order valence-corrected chi connectivity index (χ0v) is 13.6. The van der Waals surface area contributed by atoms with Crippen LogP contribution in [0.15, 0.2) is 35.5 Å². The SMILES string of the molecule is CC(=O)C1=C(N)CN(c2ccc(C)cc2)C1C1CCCCC1. The smallest absolute Gasteiger partial charge is 0.159 e. The van der Waals surface area contributed by atoms with Crippen LogP contribution in [0.25, 0.3) is 0 Å². The van der Waals surface area contributed by atoms with E-state index in [9.17, 15) is 4.79 Å². The van der Waals surface area contributed by atoms with E-state index >= 15 is 0 Å². The molecule has 0 amide bonds. The number of aryl methyl sites for hydroxylation is 1. The molecule has 1 aliphatic carbocycles. The normalized spacial score (nSPS) is 23.2. The first-order valence-electron chi connectivity index (χ1n) is 8.40. The van der Waals surface area contributed by atoms with Crippen molar-refractivity contribution in [2.45, 2.75) is 52.0 Å². The molecule has 1 atom stereocenters. The Balaban J connectivity index is 1.95. The number of ketones is 1. The van der Waals surface area contributed by atoms with Crippen LogP contribution in [0.4, 0.5) is 5.69 Å². The number of nitrogens with two attached hydrogens (primary N) is 1. The lowest BCUT2D eigenvalue weighted by Gasteiger charge is -2.36. The molecule has 118 valence electrons. The molecule has 0 bridgehead atoms. The maximum atomic E-state index is 12.2. The molecule has 3 nitrogen and oxygen atoms in total. The highest BCUT2D eigenvalue weighted by Crippen LogP contribution is 2.39. The molecule has 22 heavy (non-hydrogen) atoms. The van der Waals surface area contributed by atoms with E-state index < -0.39 is 0 Å². The molecule has 0 radical (unpaired) electrons.